The number of fused-ring (bicyclic) bond motifs is 3. The summed E-state index contributed by atoms with van der Waals surface area (Å²) in [6.45, 7) is 1.90. The van der Waals surface area contributed by atoms with Gasteiger partial charge in [-0.3, -0.25) is 24.3 Å². The van der Waals surface area contributed by atoms with Gasteiger partial charge >= 0.3 is 0 Å². The Morgan fingerprint density at radius 1 is 1.00 bits per heavy atom. The molecule has 0 radical (unpaired) electrons. The molecule has 2 aliphatic heterocycles. The van der Waals surface area contributed by atoms with Crippen LogP contribution in [0.15, 0.2) is 65.8 Å². The Morgan fingerprint density at radius 3 is 2.62 bits per heavy atom. The van der Waals surface area contributed by atoms with Crippen LogP contribution in [-0.4, -0.2) is 45.5 Å². The molecule has 0 bridgehead atoms. The van der Waals surface area contributed by atoms with Gasteiger partial charge < -0.3 is 10.6 Å². The van der Waals surface area contributed by atoms with Crippen molar-refractivity contribution in [3.8, 4) is 0 Å². The summed E-state index contributed by atoms with van der Waals surface area (Å²) in [4.78, 5) is 51.1. The fourth-order valence-electron chi connectivity index (χ4n) is 6.99. The molecule has 7 rings (SSSR count). The predicted octanol–water partition coefficient (Wildman–Crippen LogP) is 4.31. The molecule has 2 aromatic carbocycles. The lowest BCUT2D eigenvalue weighted by Crippen LogP contribution is -2.46. The minimum atomic E-state index is -0.759. The van der Waals surface area contributed by atoms with Crippen molar-refractivity contribution in [2.24, 2.45) is 4.99 Å². The van der Waals surface area contributed by atoms with Crippen molar-refractivity contribution in [2.45, 2.75) is 62.8 Å². The molecule has 4 aliphatic rings. The van der Waals surface area contributed by atoms with Gasteiger partial charge in [-0.2, -0.15) is 0 Å². The van der Waals surface area contributed by atoms with Crippen LogP contribution in [0.1, 0.15) is 59.9 Å². The van der Waals surface area contributed by atoms with Crippen molar-refractivity contribution < 1.29 is 14.4 Å². The molecule has 3 amide bonds. The van der Waals surface area contributed by atoms with Crippen LogP contribution in [-0.2, 0) is 32.6 Å². The lowest BCUT2D eigenvalue weighted by molar-refractivity contribution is -0.134. The van der Waals surface area contributed by atoms with Crippen molar-refractivity contribution in [2.75, 3.05) is 17.2 Å². The van der Waals surface area contributed by atoms with Crippen LogP contribution < -0.4 is 10.6 Å². The summed E-state index contributed by atoms with van der Waals surface area (Å²) in [5.41, 5.74) is 4.19. The Bertz CT molecular complexity index is 1610. The zero-order chi connectivity index (χ0) is 27.5. The molecule has 0 saturated heterocycles. The number of hydrogen-bond acceptors (Lipinski definition) is 5. The summed E-state index contributed by atoms with van der Waals surface area (Å²) in [6.07, 6.45) is 7.31. The topological polar surface area (TPSA) is 104 Å². The predicted molar refractivity (Wildman–Crippen MR) is 152 cm³/mol. The molecule has 8 heteroatoms. The van der Waals surface area contributed by atoms with Gasteiger partial charge in [-0.1, -0.05) is 55.7 Å². The Kier molecular flexibility index (Phi) is 5.63. The second-order valence-corrected chi connectivity index (χ2v) is 11.6. The van der Waals surface area contributed by atoms with Crippen LogP contribution >= 0.6 is 0 Å². The van der Waals surface area contributed by atoms with Gasteiger partial charge in [-0.15, -0.1) is 0 Å². The standard InChI is InChI=1S/C32H31N5O3/c1-20-8-3-4-9-24(20)28-36-32(13-5-2-6-14-32)30(40)37(28)19-26(38)34-23-12-11-21-17-31(18-22(21)16-23)25-10-7-15-33-27(25)35-29(31)39/h3-4,7-12,15-16H,2,5-6,13-14,17-19H2,1H3,(H,34,38)(H,33,35,39). The van der Waals surface area contributed by atoms with Gasteiger partial charge in [0.1, 0.15) is 23.7 Å². The molecule has 3 aromatic rings. The van der Waals surface area contributed by atoms with E-state index in [1.54, 1.807) is 11.1 Å². The van der Waals surface area contributed by atoms with E-state index in [1.807, 2.05) is 61.5 Å². The third kappa shape index (κ3) is 3.77. The number of carbonyl (C=O) groups is 3. The second-order valence-electron chi connectivity index (χ2n) is 11.6. The maximum absolute atomic E-state index is 13.8. The molecule has 1 fully saturated rings. The van der Waals surface area contributed by atoms with Crippen molar-refractivity contribution in [3.63, 3.8) is 0 Å². The largest absolute Gasteiger partial charge is 0.325 e. The molecule has 8 nitrogen and oxygen atoms in total. The SMILES string of the molecule is Cc1ccccc1C1=NC2(CCCCC2)C(=O)N1CC(=O)Nc1ccc2c(c1)CC1(C2)C(=O)Nc2ncccc21. The quantitative estimate of drug-likeness (QED) is 0.522. The van der Waals surface area contributed by atoms with E-state index in [-0.39, 0.29) is 24.3 Å². The Labute approximate surface area is 232 Å². The highest BCUT2D eigenvalue weighted by Gasteiger charge is 2.51. The van der Waals surface area contributed by atoms with Crippen LogP contribution in [0.25, 0.3) is 0 Å². The first kappa shape index (κ1) is 24.7. The summed E-state index contributed by atoms with van der Waals surface area (Å²) in [5, 5.41) is 5.94. The normalized spacial score (nSPS) is 22.3. The maximum Gasteiger partial charge on any atom is 0.256 e. The van der Waals surface area contributed by atoms with Crippen LogP contribution in [0.4, 0.5) is 11.5 Å². The molecule has 3 heterocycles. The first-order valence-electron chi connectivity index (χ1n) is 14.1. The Hall–Kier alpha value is -4.33. The molecule has 2 spiro atoms. The summed E-state index contributed by atoms with van der Waals surface area (Å²) < 4.78 is 0. The average Bonchev–Trinajstić information content (AvgIpc) is 3.56. The minimum Gasteiger partial charge on any atom is -0.325 e. The van der Waals surface area contributed by atoms with Gasteiger partial charge in [-0.05, 0) is 67.5 Å². The number of nitrogens with one attached hydrogen (secondary N) is 2. The first-order valence-corrected chi connectivity index (χ1v) is 14.1. The number of carbonyl (C=O) groups excluding carboxylic acids is 3. The number of nitrogens with zero attached hydrogens (tertiary/aromatic N) is 3. The van der Waals surface area contributed by atoms with Crippen molar-refractivity contribution >= 4 is 35.1 Å². The molecule has 202 valence electrons. The summed E-state index contributed by atoms with van der Waals surface area (Å²) in [6, 6.07) is 17.5. The number of aryl methyl sites for hydroxylation is 1. The third-order valence-electron chi connectivity index (χ3n) is 9.05. The number of aliphatic imine (C=N–C) groups is 1. The van der Waals surface area contributed by atoms with Gasteiger partial charge in [0, 0.05) is 23.0 Å². The fourth-order valence-corrected chi connectivity index (χ4v) is 6.99. The molecule has 40 heavy (non-hydrogen) atoms. The number of hydrogen-bond donors (Lipinski definition) is 2. The van der Waals surface area contributed by atoms with E-state index in [0.717, 1.165) is 59.9 Å². The Balaban J connectivity index is 1.12. The van der Waals surface area contributed by atoms with Crippen molar-refractivity contribution in [1.29, 1.82) is 0 Å². The third-order valence-corrected chi connectivity index (χ3v) is 9.05. The second kappa shape index (κ2) is 9.11. The number of pyridine rings is 1. The average molecular weight is 534 g/mol. The van der Waals surface area contributed by atoms with E-state index in [1.165, 1.54) is 0 Å². The van der Waals surface area contributed by atoms with Gasteiger partial charge in [-0.25, -0.2) is 4.98 Å². The number of anilines is 2. The van der Waals surface area contributed by atoms with Crippen molar-refractivity contribution in [1.82, 2.24) is 9.88 Å². The maximum atomic E-state index is 13.8. The highest BCUT2D eigenvalue weighted by atomic mass is 16.2. The molecule has 1 atom stereocenters. The van der Waals surface area contributed by atoms with E-state index in [9.17, 15) is 14.4 Å². The zero-order valence-corrected chi connectivity index (χ0v) is 22.5. The zero-order valence-electron chi connectivity index (χ0n) is 22.5. The lowest BCUT2D eigenvalue weighted by Gasteiger charge is -2.29. The lowest BCUT2D eigenvalue weighted by atomic mass is 9.79. The monoisotopic (exact) mass is 533 g/mol. The molecular weight excluding hydrogens is 502 g/mol. The molecular formula is C32H31N5O3. The first-order chi connectivity index (χ1) is 19.4. The van der Waals surface area contributed by atoms with Crippen LogP contribution in [0.5, 0.6) is 0 Å². The summed E-state index contributed by atoms with van der Waals surface area (Å²) in [5.74, 6) is 0.844. The van der Waals surface area contributed by atoms with E-state index in [4.69, 9.17) is 4.99 Å². The van der Waals surface area contributed by atoms with E-state index >= 15 is 0 Å². The minimum absolute atomic E-state index is 0.0322. The van der Waals surface area contributed by atoms with E-state index in [2.05, 4.69) is 15.6 Å². The number of benzene rings is 2. The summed E-state index contributed by atoms with van der Waals surface area (Å²) in [7, 11) is 0. The number of aromatic nitrogens is 1. The molecule has 2 aliphatic carbocycles. The molecule has 2 N–H and O–H groups in total. The highest BCUT2D eigenvalue weighted by molar-refractivity contribution is 6.17. The van der Waals surface area contributed by atoms with Gasteiger partial charge in [0.05, 0.1) is 5.41 Å². The highest BCUT2D eigenvalue weighted by Crippen LogP contribution is 2.47. The van der Waals surface area contributed by atoms with Crippen LogP contribution in [0.3, 0.4) is 0 Å². The molecule has 1 aromatic heterocycles. The smallest absolute Gasteiger partial charge is 0.256 e. The van der Waals surface area contributed by atoms with Gasteiger partial charge in [0.15, 0.2) is 0 Å². The summed E-state index contributed by atoms with van der Waals surface area (Å²) >= 11 is 0. The van der Waals surface area contributed by atoms with Crippen LogP contribution in [0.2, 0.25) is 0 Å². The van der Waals surface area contributed by atoms with Gasteiger partial charge in [0.2, 0.25) is 11.8 Å². The molecule has 1 unspecified atom stereocenters. The number of amides is 3. The Morgan fingerprint density at radius 2 is 1.80 bits per heavy atom. The fraction of sp³-hybridized carbons (Fsp3) is 0.344. The van der Waals surface area contributed by atoms with Crippen LogP contribution in [0, 0.1) is 6.92 Å². The van der Waals surface area contributed by atoms with E-state index in [0.29, 0.717) is 30.2 Å². The van der Waals surface area contributed by atoms with Gasteiger partial charge in [0.25, 0.3) is 5.91 Å². The molecule has 1 saturated carbocycles. The number of amidine groups is 1. The van der Waals surface area contributed by atoms with Crippen molar-refractivity contribution in [3.05, 3.63) is 88.6 Å². The number of rotatable bonds is 4. The van der Waals surface area contributed by atoms with E-state index < -0.39 is 11.0 Å².